The van der Waals surface area contributed by atoms with Crippen LogP contribution in [0.2, 0.25) is 0 Å². The molecular weight excluding hydrogens is 1840 g/mol. The average molecular weight is 1950 g/mol. The van der Waals surface area contributed by atoms with Crippen molar-refractivity contribution in [1.82, 2.24) is 0 Å². The van der Waals surface area contributed by atoms with E-state index in [2.05, 4.69) is 354 Å². The maximum Gasteiger partial charge on any atom is 0.143 e. The molecule has 0 radical (unpaired) electrons. The van der Waals surface area contributed by atoms with Crippen LogP contribution in [0.15, 0.2) is 609 Å². The van der Waals surface area contributed by atoms with Crippen LogP contribution in [-0.2, 0) is 0 Å². The van der Waals surface area contributed by atoms with Gasteiger partial charge in [-0.05, 0) is 267 Å². The van der Waals surface area contributed by atoms with E-state index < -0.39 is 18.1 Å². The van der Waals surface area contributed by atoms with Gasteiger partial charge >= 0.3 is 0 Å². The van der Waals surface area contributed by atoms with E-state index in [-0.39, 0.29) is 89.2 Å². The second kappa shape index (κ2) is 41.7. The smallest absolute Gasteiger partial charge is 0.143 e. The Labute approximate surface area is 898 Å². The van der Waals surface area contributed by atoms with Crippen molar-refractivity contribution in [1.29, 1.82) is 0 Å². The molecule has 0 unspecified atom stereocenters. The van der Waals surface area contributed by atoms with Crippen molar-refractivity contribution in [3.05, 3.63) is 600 Å². The lowest BCUT2D eigenvalue weighted by Crippen LogP contribution is -2.09. The summed E-state index contributed by atoms with van der Waals surface area (Å²) in [5.74, 6) is 0. The second-order valence-electron chi connectivity index (χ2n) is 36.6. The van der Waals surface area contributed by atoms with E-state index in [0.29, 0.717) is 16.7 Å². The van der Waals surface area contributed by atoms with Gasteiger partial charge in [-0.3, -0.25) is 0 Å². The number of nitrogens with zero attached hydrogens (tertiary/aromatic N) is 3. The highest BCUT2D eigenvalue weighted by Gasteiger charge is 2.22. The van der Waals surface area contributed by atoms with E-state index in [1.807, 2.05) is 181 Å². The van der Waals surface area contributed by atoms with Crippen LogP contribution in [0.1, 0.15) is 20.6 Å². The van der Waals surface area contributed by atoms with Crippen LogP contribution in [0.3, 0.4) is 0 Å². The van der Waals surface area contributed by atoms with Crippen LogP contribution in [0, 0.1) is 0 Å². The first-order valence-electron chi connectivity index (χ1n) is 57.3. The fraction of sp³-hybridized carbons (Fsp3) is 0. The Morgan fingerprint density at radius 2 is 0.387 bits per heavy atom. The van der Waals surface area contributed by atoms with Crippen molar-refractivity contribution in [2.45, 2.75) is 0 Å². The highest BCUT2D eigenvalue weighted by Crippen LogP contribution is 2.47. The second-order valence-corrected chi connectivity index (χ2v) is 37.7. The third-order valence-electron chi connectivity index (χ3n) is 27.6. The third-order valence-corrected chi connectivity index (χ3v) is 28.8. The summed E-state index contributed by atoms with van der Waals surface area (Å²) in [5.41, 5.74) is 34.2. The Morgan fingerprint density at radius 3 is 0.733 bits per heavy atom. The van der Waals surface area contributed by atoms with Gasteiger partial charge in [0.1, 0.15) is 22.3 Å². The molecule has 3 heterocycles. The zero-order valence-electron chi connectivity index (χ0n) is 96.1. The molecule has 0 saturated heterocycles. The minimum Gasteiger partial charge on any atom is -0.456 e. The fourth-order valence-corrected chi connectivity index (χ4v) is 21.2. The van der Waals surface area contributed by atoms with Crippen molar-refractivity contribution in [2.24, 2.45) is 0 Å². The molecule has 0 bridgehead atoms. The minimum atomic E-state index is -0.403. The number of benzene rings is 24. The Bertz CT molecular complexity index is 9890. The fourth-order valence-electron chi connectivity index (χ4n) is 20.0. The number of rotatable bonds is 21. The van der Waals surface area contributed by atoms with Crippen molar-refractivity contribution in [3.63, 3.8) is 0 Å². The van der Waals surface area contributed by atoms with Gasteiger partial charge in [0.05, 0.1) is 20.6 Å². The summed E-state index contributed by atoms with van der Waals surface area (Å²) < 4.78 is 139. The number of hydrogen-bond donors (Lipinski definition) is 0. The Kier molecular flexibility index (Phi) is 21.2. The van der Waals surface area contributed by atoms with Crippen molar-refractivity contribution >= 4 is 127 Å². The molecule has 150 heavy (non-hydrogen) atoms. The van der Waals surface area contributed by atoms with E-state index in [1.54, 1.807) is 0 Å². The molecule has 6 heteroatoms. The summed E-state index contributed by atoms with van der Waals surface area (Å²) in [5, 5.41) is 7.03. The van der Waals surface area contributed by atoms with E-state index in [9.17, 15) is 0 Å². The molecule has 24 aromatic carbocycles. The SMILES string of the molecule is [2H]c1c([2H])c([2H])c(-c2ccc(N(c3ccc(-c4ccccc4)cc3)c3ccc(-c4ccc(-c5ccc6oc7ccccc7c6c5)cc4)cc3)cc2)c([2H])c1[2H].[2H]c1c([2H])c([2H])c(-c2ccc(N(c3ccc(-c4ccccc4)cc3)c3ccc(-c4ccc(-c5cccc6c5oc5ccccc56)cc4)cc3)cc2)c([2H])c1[2H].[2H]c1c([2H])c([2H])c(-c2ccc(N(c3ccc(-c4ccccc4)cc3)c3ccc(-c4ccc(-c5cccc6c5sc5ccccc56)cc4)cc3)cc2)c([2H])c1[2H]. The normalized spacial score (nSPS) is 12.6. The van der Waals surface area contributed by atoms with Gasteiger partial charge in [-0.25, -0.2) is 0 Å². The summed E-state index contributed by atoms with van der Waals surface area (Å²) >= 11 is 1.84. The third kappa shape index (κ3) is 19.1. The lowest BCUT2D eigenvalue weighted by molar-refractivity contribution is 0.669. The lowest BCUT2D eigenvalue weighted by atomic mass is 9.98. The summed E-state index contributed by atoms with van der Waals surface area (Å²) in [7, 11) is 0. The molecule has 0 atom stereocenters. The van der Waals surface area contributed by atoms with Crippen LogP contribution in [-0.4, -0.2) is 0 Å². The zero-order chi connectivity index (χ0) is 113. The molecule has 27 rings (SSSR count). The molecule has 708 valence electrons. The molecule has 0 fully saturated rings. The van der Waals surface area contributed by atoms with Crippen LogP contribution >= 0.6 is 11.3 Å². The van der Waals surface area contributed by atoms with Crippen LogP contribution in [0.25, 0.3) is 198 Å². The Balaban J connectivity index is 0.000000125. The molecule has 0 N–H and O–H groups in total. The first-order chi connectivity index (χ1) is 80.5. The van der Waals surface area contributed by atoms with Gasteiger partial charge < -0.3 is 23.5 Å². The van der Waals surface area contributed by atoms with E-state index in [0.717, 1.165) is 184 Å². The van der Waals surface area contributed by atoms with Gasteiger partial charge in [0.2, 0.25) is 0 Å². The minimum absolute atomic E-state index is 0.181. The van der Waals surface area contributed by atoms with Gasteiger partial charge in [-0.15, -0.1) is 11.3 Å². The summed E-state index contributed by atoms with van der Waals surface area (Å²) in [6, 6.07) is 169. The molecule has 0 spiro atoms. The van der Waals surface area contributed by atoms with E-state index in [4.69, 9.17) is 29.4 Å². The Morgan fingerprint density at radius 1 is 0.153 bits per heavy atom. The number of fused-ring (bicyclic) bond motifs is 9. The maximum absolute atomic E-state index is 8.49. The number of hydrogen-bond acceptors (Lipinski definition) is 6. The molecule has 0 aliphatic carbocycles. The van der Waals surface area contributed by atoms with Crippen molar-refractivity contribution in [3.8, 4) is 134 Å². The highest BCUT2D eigenvalue weighted by atomic mass is 32.1. The summed E-state index contributed by atoms with van der Waals surface area (Å²) in [6.07, 6.45) is 0. The Hall–Kier alpha value is -19.5. The highest BCUT2D eigenvalue weighted by molar-refractivity contribution is 7.26. The van der Waals surface area contributed by atoms with Crippen LogP contribution in [0.4, 0.5) is 51.2 Å². The van der Waals surface area contributed by atoms with Crippen molar-refractivity contribution < 1.29 is 29.4 Å². The number of anilines is 9. The number of furan rings is 2. The quantitative estimate of drug-likeness (QED) is 0.0716. The van der Waals surface area contributed by atoms with E-state index in [1.165, 1.54) is 31.3 Å². The predicted octanol–water partition coefficient (Wildman–Crippen LogP) is 41.6. The molecule has 0 saturated carbocycles. The number of thiophene rings is 1. The maximum atomic E-state index is 8.49. The van der Waals surface area contributed by atoms with Gasteiger partial charge in [0, 0.05) is 98.5 Å². The summed E-state index contributed by atoms with van der Waals surface area (Å²) in [4.78, 5) is 6.48. The zero-order valence-corrected chi connectivity index (χ0v) is 81.9. The van der Waals surface area contributed by atoms with Gasteiger partial charge in [0.25, 0.3) is 0 Å². The molecule has 5 nitrogen and oxygen atoms in total. The van der Waals surface area contributed by atoms with E-state index >= 15 is 0 Å². The van der Waals surface area contributed by atoms with Gasteiger partial charge in [0.15, 0.2) is 0 Å². The summed E-state index contributed by atoms with van der Waals surface area (Å²) in [6.45, 7) is 0. The number of para-hydroxylation sites is 3. The van der Waals surface area contributed by atoms with Crippen LogP contribution < -0.4 is 14.7 Å². The molecule has 0 aliphatic rings. The lowest BCUT2D eigenvalue weighted by Gasteiger charge is -2.26. The van der Waals surface area contributed by atoms with Crippen molar-refractivity contribution in [2.75, 3.05) is 14.7 Å². The molecule has 3 aromatic heterocycles. The first kappa shape index (κ1) is 76.2. The average Bonchev–Trinajstić information content (AvgIpc) is 1.65. The molecule has 0 aliphatic heterocycles. The molecule has 27 aromatic rings. The molecule has 0 amide bonds. The topological polar surface area (TPSA) is 36.0 Å². The first-order valence-corrected chi connectivity index (χ1v) is 50.6. The van der Waals surface area contributed by atoms with Gasteiger partial charge in [-0.1, -0.05) is 461 Å². The largest absolute Gasteiger partial charge is 0.456 e. The van der Waals surface area contributed by atoms with Gasteiger partial charge in [-0.2, -0.15) is 0 Å². The monoisotopic (exact) mass is 1950 g/mol. The van der Waals surface area contributed by atoms with Crippen LogP contribution in [0.5, 0.6) is 0 Å². The predicted molar refractivity (Wildman–Crippen MR) is 636 cm³/mol. The standard InChI is InChI=1S/2C48H33NO.C48H33NS/c1-3-10-34(11-4-1)37-22-28-41(29-23-37)49(42-30-24-38(25-31-42)35-12-5-2-6-13-35)43-32-26-39(27-33-43)36-18-20-40(21-19-36)44-15-9-16-46-45-14-7-8-17-47(45)50-48(44)46;1-3-9-34(10-4-1)37-19-26-42(27-20-37)49(43-28-21-38(22-29-43)35-11-5-2-6-12-35)44-30-23-39(24-31-44)36-15-17-40(18-16-36)41-25-32-48-46(33-41)45-13-7-8-14-47(45)50-48;1-3-10-34(11-4-1)37-22-28-41(29-23-37)49(42-30-24-38(25-31-42)35-12-5-2-6-13-35)43-32-26-39(27-33-43)36-18-20-40(21-19-36)44-15-9-16-46-45-14-7-8-17-47(45)50-48(44)46/h3*1-33H/i1D,3D,4D,10D,11D;1D,3D,4D,9D,10D;1D,3D,4D,10D,11D. The molecular formula is C144H99N3O2S.